The summed E-state index contributed by atoms with van der Waals surface area (Å²) in [4.78, 5) is 77.4. The molecule has 6 N–H and O–H groups in total. The van der Waals surface area contributed by atoms with E-state index in [1.165, 1.54) is 0 Å². The Bertz CT molecular complexity index is 1060. The largest absolute Gasteiger partial charge is 0.343 e. The molecule has 15 nitrogen and oxygen atoms in total. The Morgan fingerprint density at radius 2 is 0.485 bits per heavy atom. The fourth-order valence-corrected chi connectivity index (χ4v) is 4.27. The monoisotopic (exact) mass is 468 g/mol. The summed E-state index contributed by atoms with van der Waals surface area (Å²) in [6.07, 6.45) is 0. The van der Waals surface area contributed by atoms with Gasteiger partial charge in [-0.3, -0.25) is 0 Å². The lowest BCUT2D eigenvalue weighted by Crippen LogP contribution is -2.88. The lowest BCUT2D eigenvalue weighted by Gasteiger charge is -2.16. The van der Waals surface area contributed by atoms with Gasteiger partial charge in [-0.2, -0.15) is 0 Å². The van der Waals surface area contributed by atoms with Crippen molar-refractivity contribution in [1.29, 1.82) is 0 Å². The number of rotatable bonds is 0. The third-order valence-electron chi connectivity index (χ3n) is 6.11. The number of hydrogen-bond acceptors (Lipinski definition) is 6. The number of nitrogens with zero attached hydrogens (tertiary/aromatic N) is 6. The Morgan fingerprint density at radius 1 is 0.333 bits per heavy atom. The van der Waals surface area contributed by atoms with Crippen LogP contribution in [0.2, 0.25) is 0 Å². The summed E-state index contributed by atoms with van der Waals surface area (Å²) < 4.78 is 6.47. The average molecular weight is 468 g/mol. The van der Waals surface area contributed by atoms with E-state index in [9.17, 15) is 28.8 Å². The first-order valence-corrected chi connectivity index (χ1v) is 11.3. The van der Waals surface area contributed by atoms with E-state index in [2.05, 4.69) is 0 Å². The van der Waals surface area contributed by atoms with Crippen molar-refractivity contribution in [2.24, 2.45) is 0 Å². The van der Waals surface area contributed by atoms with Gasteiger partial charge in [0.05, 0.1) is 78.5 Å². The van der Waals surface area contributed by atoms with Crippen molar-refractivity contribution in [1.82, 2.24) is 27.4 Å². The molecule has 0 fully saturated rings. The fourth-order valence-electron chi connectivity index (χ4n) is 4.27. The van der Waals surface area contributed by atoms with Crippen molar-refractivity contribution in [2.75, 3.05) is 39.3 Å². The van der Waals surface area contributed by atoms with Crippen LogP contribution in [0.1, 0.15) is 0 Å². The second kappa shape index (κ2) is 9.68. The van der Waals surface area contributed by atoms with E-state index < -0.39 is 34.1 Å². The van der Waals surface area contributed by atoms with Gasteiger partial charge in [0.1, 0.15) is 0 Å². The minimum absolute atomic E-state index is 0.0873. The number of fused-ring (bicyclic) bond motifs is 12. The maximum Gasteiger partial charge on any atom is 0.336 e. The van der Waals surface area contributed by atoms with Gasteiger partial charge in [-0.05, 0) is 0 Å². The van der Waals surface area contributed by atoms with Crippen molar-refractivity contribution in [3.63, 3.8) is 0 Å². The van der Waals surface area contributed by atoms with E-state index in [0.29, 0.717) is 39.3 Å². The summed E-state index contributed by atoms with van der Waals surface area (Å²) in [6, 6.07) is 0. The zero-order chi connectivity index (χ0) is 23.5. The molecule has 3 aliphatic rings. The highest BCUT2D eigenvalue weighted by Gasteiger charge is 2.19. The molecule has 0 amide bonds. The standard InChI is InChI=1S/C18H27N9O6/c28-13-22-7-1-19-2-8-23-15(30)26-11-5-20-3-9-24(13)17(32)25(14(22)29)10-4-21-6-12-27(16(23)31)18(26)33/h19-21H,1-12H2/p+3. The molecule has 5 rings (SSSR count). The fraction of sp³-hybridized carbons (Fsp3) is 0.667. The highest BCUT2D eigenvalue weighted by Crippen LogP contribution is 1.78. The average Bonchev–Trinajstić information content (AvgIpc) is 2.78. The van der Waals surface area contributed by atoms with Crippen LogP contribution in [0.15, 0.2) is 28.8 Å². The van der Waals surface area contributed by atoms with Gasteiger partial charge in [0.15, 0.2) is 0 Å². The minimum Gasteiger partial charge on any atom is -0.343 e. The lowest BCUT2D eigenvalue weighted by atomic mass is 10.4. The molecule has 2 aromatic rings. The van der Waals surface area contributed by atoms with Crippen LogP contribution >= 0.6 is 0 Å². The number of hydrogen-bond donors (Lipinski definition) is 3. The molecule has 2 aromatic heterocycles. The summed E-state index contributed by atoms with van der Waals surface area (Å²) in [5.41, 5.74) is -3.83. The van der Waals surface area contributed by atoms with E-state index in [1.807, 2.05) is 0 Å². The smallest absolute Gasteiger partial charge is 0.336 e. The van der Waals surface area contributed by atoms with Crippen LogP contribution < -0.4 is 50.1 Å². The molecule has 33 heavy (non-hydrogen) atoms. The Labute approximate surface area is 185 Å². The molecular weight excluding hydrogens is 438 g/mol. The van der Waals surface area contributed by atoms with Crippen LogP contribution in [0.4, 0.5) is 0 Å². The molecule has 0 unspecified atom stereocenters. The molecule has 0 aliphatic carbocycles. The normalized spacial score (nSPS) is 17.8. The van der Waals surface area contributed by atoms with E-state index in [0.717, 1.165) is 27.4 Å². The van der Waals surface area contributed by atoms with Gasteiger partial charge in [-0.1, -0.05) is 0 Å². The second-order valence-corrected chi connectivity index (χ2v) is 8.20. The molecule has 0 aromatic carbocycles. The summed E-state index contributed by atoms with van der Waals surface area (Å²) in [7, 11) is 0. The number of aromatic nitrogens is 6. The second-order valence-electron chi connectivity index (χ2n) is 8.20. The van der Waals surface area contributed by atoms with Gasteiger partial charge in [0.25, 0.3) is 0 Å². The van der Waals surface area contributed by atoms with Gasteiger partial charge >= 0.3 is 34.1 Å². The first-order chi connectivity index (χ1) is 15.9. The molecule has 180 valence electrons. The molecule has 0 radical (unpaired) electrons. The van der Waals surface area contributed by atoms with Gasteiger partial charge in [-0.25, -0.2) is 56.2 Å². The molecular formula is C18H30N9O6+3. The van der Waals surface area contributed by atoms with Gasteiger partial charge in [0.2, 0.25) is 0 Å². The van der Waals surface area contributed by atoms with Crippen molar-refractivity contribution in [2.45, 2.75) is 39.3 Å². The topological polar surface area (TPSA) is 182 Å². The van der Waals surface area contributed by atoms with Gasteiger partial charge in [-0.15, -0.1) is 0 Å². The van der Waals surface area contributed by atoms with E-state index in [1.54, 1.807) is 16.0 Å². The van der Waals surface area contributed by atoms with Gasteiger partial charge < -0.3 is 16.0 Å². The molecule has 0 spiro atoms. The SMILES string of the molecule is O=c1n2c(=O)n3c(=O)n1CC[NH2+]CCn1c(=O)n(c(=O)n(c1=O)CC[NH2+]CC3)CC[NH2+]CC2. The Kier molecular flexibility index (Phi) is 6.71. The third-order valence-corrected chi connectivity index (χ3v) is 6.11. The Balaban J connectivity index is 1.86. The first kappa shape index (κ1) is 22.9. The van der Waals surface area contributed by atoms with Crippen molar-refractivity contribution in [3.8, 4) is 0 Å². The van der Waals surface area contributed by atoms with E-state index in [-0.39, 0.29) is 39.3 Å². The van der Waals surface area contributed by atoms with Crippen molar-refractivity contribution in [3.05, 3.63) is 62.9 Å². The summed E-state index contributed by atoms with van der Waals surface area (Å²) in [6.45, 7) is 2.57. The Hall–Kier alpha value is -3.30. The highest BCUT2D eigenvalue weighted by molar-refractivity contribution is 4.81. The zero-order valence-electron chi connectivity index (χ0n) is 18.4. The number of quaternary nitrogens is 3. The molecule has 0 atom stereocenters. The van der Waals surface area contributed by atoms with Crippen LogP contribution in [-0.2, 0) is 39.3 Å². The third kappa shape index (κ3) is 4.34. The Morgan fingerprint density at radius 3 is 0.636 bits per heavy atom. The molecule has 0 saturated carbocycles. The van der Waals surface area contributed by atoms with Crippen LogP contribution in [0.3, 0.4) is 0 Å². The van der Waals surface area contributed by atoms with Crippen LogP contribution in [-0.4, -0.2) is 66.7 Å². The molecule has 0 saturated heterocycles. The molecule has 6 bridgehead atoms. The van der Waals surface area contributed by atoms with E-state index in [4.69, 9.17) is 0 Å². The zero-order valence-corrected chi connectivity index (χ0v) is 18.4. The molecule has 3 aliphatic heterocycles. The van der Waals surface area contributed by atoms with Gasteiger partial charge in [0, 0.05) is 0 Å². The maximum absolute atomic E-state index is 12.9. The number of nitrogens with two attached hydrogens (primary N) is 3. The first-order valence-electron chi connectivity index (χ1n) is 11.3. The summed E-state index contributed by atoms with van der Waals surface area (Å²) >= 11 is 0. The van der Waals surface area contributed by atoms with Crippen molar-refractivity contribution >= 4 is 0 Å². The summed E-state index contributed by atoms with van der Waals surface area (Å²) in [5, 5.41) is 5.36. The highest BCUT2D eigenvalue weighted by atomic mass is 16.2. The predicted octanol–water partition coefficient (Wildman–Crippen LogP) is -8.93. The molecule has 5 heterocycles. The maximum atomic E-state index is 12.9. The van der Waals surface area contributed by atoms with Crippen LogP contribution in [0.5, 0.6) is 0 Å². The minimum atomic E-state index is -0.638. The summed E-state index contributed by atoms with van der Waals surface area (Å²) in [5.74, 6) is 0. The van der Waals surface area contributed by atoms with Crippen LogP contribution in [0.25, 0.3) is 0 Å². The predicted molar refractivity (Wildman–Crippen MR) is 113 cm³/mol. The van der Waals surface area contributed by atoms with Crippen LogP contribution in [0, 0.1) is 0 Å². The lowest BCUT2D eigenvalue weighted by molar-refractivity contribution is -0.658. The molecule has 15 heteroatoms. The quantitative estimate of drug-likeness (QED) is 0.345. The van der Waals surface area contributed by atoms with Crippen molar-refractivity contribution < 1.29 is 16.0 Å². The van der Waals surface area contributed by atoms with E-state index >= 15 is 0 Å².